The van der Waals surface area contributed by atoms with Gasteiger partial charge in [0.05, 0.1) is 12.3 Å². The Morgan fingerprint density at radius 2 is 1.71 bits per heavy atom. The fraction of sp³-hybridized carbons (Fsp3) is 0.250. The highest BCUT2D eigenvalue weighted by Crippen LogP contribution is 2.29. The quantitative estimate of drug-likeness (QED) is 0.714. The molecule has 0 bridgehead atoms. The van der Waals surface area contributed by atoms with Gasteiger partial charge in [-0.05, 0) is 42.7 Å². The van der Waals surface area contributed by atoms with E-state index >= 15 is 0 Å². The van der Waals surface area contributed by atoms with Gasteiger partial charge in [-0.15, -0.1) is 0 Å². The van der Waals surface area contributed by atoms with Gasteiger partial charge in [0.25, 0.3) is 0 Å². The third kappa shape index (κ3) is 2.97. The summed E-state index contributed by atoms with van der Waals surface area (Å²) in [5.41, 5.74) is 5.35. The van der Waals surface area contributed by atoms with Crippen molar-refractivity contribution in [2.24, 2.45) is 4.99 Å². The summed E-state index contributed by atoms with van der Waals surface area (Å²) in [4.78, 5) is 7.37. The van der Waals surface area contributed by atoms with E-state index in [1.54, 1.807) is 0 Å². The first-order valence-corrected chi connectivity index (χ1v) is 9.03. The Bertz CT molecular complexity index is 833. The van der Waals surface area contributed by atoms with E-state index in [1.807, 2.05) is 36.4 Å². The van der Waals surface area contributed by atoms with E-state index in [0.717, 1.165) is 35.5 Å². The molecule has 0 aliphatic carbocycles. The van der Waals surface area contributed by atoms with E-state index in [2.05, 4.69) is 17.0 Å². The minimum Gasteiger partial charge on any atom is -0.373 e. The van der Waals surface area contributed by atoms with Crippen molar-refractivity contribution in [2.45, 2.75) is 12.8 Å². The van der Waals surface area contributed by atoms with Crippen LogP contribution in [0.15, 0.2) is 53.2 Å². The summed E-state index contributed by atoms with van der Waals surface area (Å²) in [6.07, 6.45) is 4.77. The third-order valence-corrected chi connectivity index (χ3v) is 5.20. The van der Waals surface area contributed by atoms with Gasteiger partial charge in [-0.2, -0.15) is 0 Å². The molecule has 1 fully saturated rings. The molecule has 2 nitrogen and oxygen atoms in total. The summed E-state index contributed by atoms with van der Waals surface area (Å²) >= 11 is 12.7. The van der Waals surface area contributed by atoms with Crippen molar-refractivity contribution >= 4 is 35.0 Å². The Labute approximate surface area is 152 Å². The van der Waals surface area contributed by atoms with E-state index in [4.69, 9.17) is 28.2 Å². The topological polar surface area (TPSA) is 15.6 Å². The lowest BCUT2D eigenvalue weighted by atomic mass is 9.97. The molecule has 4 heteroatoms. The van der Waals surface area contributed by atoms with Crippen LogP contribution in [0.25, 0.3) is 6.08 Å². The molecule has 4 rings (SSSR count). The van der Waals surface area contributed by atoms with Gasteiger partial charge in [-0.1, -0.05) is 47.5 Å². The van der Waals surface area contributed by atoms with Gasteiger partial charge in [0.1, 0.15) is 0 Å². The minimum absolute atomic E-state index is 0.673. The molecular formula is C20H18Cl2N2. The molecule has 0 radical (unpaired) electrons. The molecule has 0 spiro atoms. The fourth-order valence-electron chi connectivity index (χ4n) is 3.41. The van der Waals surface area contributed by atoms with E-state index in [9.17, 15) is 0 Å². The molecule has 2 aliphatic heterocycles. The van der Waals surface area contributed by atoms with Crippen molar-refractivity contribution in [1.29, 1.82) is 0 Å². The molecule has 2 aromatic rings. The minimum atomic E-state index is 0.673. The predicted octanol–water partition coefficient (Wildman–Crippen LogP) is 5.28. The highest BCUT2D eigenvalue weighted by molar-refractivity contribution is 6.36. The van der Waals surface area contributed by atoms with Gasteiger partial charge in [-0.25, -0.2) is 0 Å². The summed E-state index contributed by atoms with van der Waals surface area (Å²) in [6.45, 7) is 2.91. The number of hydrogen-bond acceptors (Lipinski definition) is 2. The first kappa shape index (κ1) is 15.7. The molecule has 0 atom stereocenters. The lowest BCUT2D eigenvalue weighted by molar-refractivity contribution is 0.424. The van der Waals surface area contributed by atoms with Crippen molar-refractivity contribution in [2.75, 3.05) is 19.6 Å². The van der Waals surface area contributed by atoms with Crippen LogP contribution < -0.4 is 0 Å². The van der Waals surface area contributed by atoms with Crippen molar-refractivity contribution in [3.8, 4) is 0 Å². The average molecular weight is 357 g/mol. The smallest absolute Gasteiger partial charge is 0.0796 e. The van der Waals surface area contributed by atoms with Gasteiger partial charge >= 0.3 is 0 Å². The van der Waals surface area contributed by atoms with E-state index in [-0.39, 0.29) is 0 Å². The molecule has 2 aromatic carbocycles. The van der Waals surface area contributed by atoms with Crippen LogP contribution in [0.1, 0.15) is 29.5 Å². The van der Waals surface area contributed by atoms with Crippen LogP contribution in [0.3, 0.4) is 0 Å². The normalized spacial score (nSPS) is 17.2. The van der Waals surface area contributed by atoms with Crippen LogP contribution in [0.2, 0.25) is 10.0 Å². The van der Waals surface area contributed by atoms with Gasteiger partial charge in [0.15, 0.2) is 0 Å². The van der Waals surface area contributed by atoms with Gasteiger partial charge in [-0.3, -0.25) is 4.99 Å². The Kier molecular flexibility index (Phi) is 4.34. The fourth-order valence-corrected chi connectivity index (χ4v) is 3.81. The second-order valence-electron chi connectivity index (χ2n) is 6.21. The molecule has 0 aromatic heterocycles. The predicted molar refractivity (Wildman–Crippen MR) is 102 cm³/mol. The first-order chi connectivity index (χ1) is 11.7. The SMILES string of the molecule is Clc1ccc2c(c1)C(c1ccccc1Cl)=NCC(N1CCCC1)=C2. The summed E-state index contributed by atoms with van der Waals surface area (Å²) in [5, 5.41) is 1.43. The Balaban J connectivity index is 1.85. The lowest BCUT2D eigenvalue weighted by Gasteiger charge is -2.19. The van der Waals surface area contributed by atoms with Crippen LogP contribution in [0, 0.1) is 0 Å². The molecule has 0 unspecified atom stereocenters. The summed E-state index contributed by atoms with van der Waals surface area (Å²) in [7, 11) is 0. The zero-order chi connectivity index (χ0) is 16.5. The van der Waals surface area contributed by atoms with Crippen LogP contribution >= 0.6 is 23.2 Å². The summed E-state index contributed by atoms with van der Waals surface area (Å²) < 4.78 is 0. The number of nitrogens with zero attached hydrogens (tertiary/aromatic N) is 2. The number of rotatable bonds is 2. The zero-order valence-electron chi connectivity index (χ0n) is 13.3. The monoisotopic (exact) mass is 356 g/mol. The Morgan fingerprint density at radius 3 is 2.50 bits per heavy atom. The zero-order valence-corrected chi connectivity index (χ0v) is 14.8. The highest BCUT2D eigenvalue weighted by atomic mass is 35.5. The van der Waals surface area contributed by atoms with Crippen molar-refractivity contribution < 1.29 is 0 Å². The van der Waals surface area contributed by atoms with Crippen molar-refractivity contribution in [1.82, 2.24) is 4.90 Å². The second kappa shape index (κ2) is 6.62. The van der Waals surface area contributed by atoms with E-state index in [1.165, 1.54) is 18.5 Å². The van der Waals surface area contributed by atoms with E-state index < -0.39 is 0 Å². The first-order valence-electron chi connectivity index (χ1n) is 8.27. The maximum Gasteiger partial charge on any atom is 0.0796 e. The van der Waals surface area contributed by atoms with Gasteiger partial charge < -0.3 is 4.90 Å². The Morgan fingerprint density at radius 1 is 0.917 bits per heavy atom. The molecule has 0 saturated carbocycles. The van der Waals surface area contributed by atoms with Crippen LogP contribution in [-0.2, 0) is 0 Å². The molecule has 0 N–H and O–H groups in total. The number of fused-ring (bicyclic) bond motifs is 1. The second-order valence-corrected chi connectivity index (χ2v) is 7.05. The maximum atomic E-state index is 6.44. The molecular weight excluding hydrogens is 339 g/mol. The molecule has 0 amide bonds. The highest BCUT2D eigenvalue weighted by Gasteiger charge is 2.21. The van der Waals surface area contributed by atoms with Gasteiger partial charge in [0, 0.05) is 40.0 Å². The summed E-state index contributed by atoms with van der Waals surface area (Å²) in [5.74, 6) is 0. The summed E-state index contributed by atoms with van der Waals surface area (Å²) in [6, 6.07) is 13.9. The Hall–Kier alpha value is -1.77. The third-order valence-electron chi connectivity index (χ3n) is 4.63. The van der Waals surface area contributed by atoms with Crippen molar-refractivity contribution in [3.05, 3.63) is 74.9 Å². The molecule has 2 heterocycles. The number of aliphatic imine (C=N–C) groups is 1. The van der Waals surface area contributed by atoms with E-state index in [0.29, 0.717) is 16.6 Å². The number of hydrogen-bond donors (Lipinski definition) is 0. The van der Waals surface area contributed by atoms with Crippen LogP contribution in [0.4, 0.5) is 0 Å². The average Bonchev–Trinajstić information content (AvgIpc) is 3.05. The molecule has 1 saturated heterocycles. The molecule has 2 aliphatic rings. The lowest BCUT2D eigenvalue weighted by Crippen LogP contribution is -2.20. The van der Waals surface area contributed by atoms with Gasteiger partial charge in [0.2, 0.25) is 0 Å². The number of benzene rings is 2. The van der Waals surface area contributed by atoms with Crippen LogP contribution in [0.5, 0.6) is 0 Å². The molecule has 24 heavy (non-hydrogen) atoms. The maximum absolute atomic E-state index is 6.44. The standard InChI is InChI=1S/C20H18Cl2N2/c21-15-8-7-14-11-16(24-9-3-4-10-24)13-23-20(18(14)12-15)17-5-1-2-6-19(17)22/h1-2,5-8,11-12H,3-4,9-10,13H2. The largest absolute Gasteiger partial charge is 0.373 e. The molecule has 122 valence electrons. The van der Waals surface area contributed by atoms with Crippen LogP contribution in [-0.4, -0.2) is 30.2 Å². The van der Waals surface area contributed by atoms with Crippen molar-refractivity contribution in [3.63, 3.8) is 0 Å². The number of likely N-dealkylation sites (tertiary alicyclic amines) is 1. The number of halogens is 2.